The van der Waals surface area contributed by atoms with Crippen LogP contribution in [0.4, 0.5) is 0 Å². The van der Waals surface area contributed by atoms with E-state index in [1.807, 2.05) is 0 Å². The molecule has 1 aromatic carbocycles. The summed E-state index contributed by atoms with van der Waals surface area (Å²) in [6, 6.07) is 6.95. The molecular weight excluding hydrogens is 248 g/mol. The molecule has 86 valence electrons. The van der Waals surface area contributed by atoms with Crippen LogP contribution >= 0.6 is 11.6 Å². The first-order valence-electron chi connectivity index (χ1n) is 4.85. The minimum Gasteiger partial charge on any atom is -0.303 e. The Morgan fingerprint density at radius 3 is 2.19 bits per heavy atom. The van der Waals surface area contributed by atoms with Gasteiger partial charge >= 0.3 is 0 Å². The quantitative estimate of drug-likeness (QED) is 0.775. The summed E-state index contributed by atoms with van der Waals surface area (Å²) in [5.74, 6) is -0.610. The Morgan fingerprint density at radius 2 is 1.81 bits per heavy atom. The summed E-state index contributed by atoms with van der Waals surface area (Å²) in [5.41, 5.74) is 0.858. The summed E-state index contributed by atoms with van der Waals surface area (Å²) in [6.07, 6.45) is 1.90. The van der Waals surface area contributed by atoms with Crippen LogP contribution in [0.3, 0.4) is 0 Å². The van der Waals surface area contributed by atoms with Crippen LogP contribution in [0.1, 0.15) is 11.5 Å². The minimum absolute atomic E-state index is 0.204. The molecule has 1 aliphatic carbocycles. The van der Waals surface area contributed by atoms with Gasteiger partial charge in [0.25, 0.3) is 0 Å². The summed E-state index contributed by atoms with van der Waals surface area (Å²) in [6.45, 7) is 0. The number of hydrogen-bond acceptors (Lipinski definition) is 3. The van der Waals surface area contributed by atoms with E-state index in [9.17, 15) is 13.2 Å². The van der Waals surface area contributed by atoms with E-state index in [0.29, 0.717) is 5.02 Å². The van der Waals surface area contributed by atoms with Crippen molar-refractivity contribution in [3.63, 3.8) is 0 Å². The lowest BCUT2D eigenvalue weighted by atomic mass is 10.1. The lowest BCUT2D eigenvalue weighted by Crippen LogP contribution is -2.07. The zero-order valence-corrected chi connectivity index (χ0v) is 10.2. The topological polar surface area (TPSA) is 51.2 Å². The second kappa shape index (κ2) is 3.86. The van der Waals surface area contributed by atoms with E-state index in [-0.39, 0.29) is 5.92 Å². The highest BCUT2D eigenvalue weighted by Gasteiger charge is 2.57. The molecule has 0 aliphatic heterocycles. The zero-order chi connectivity index (χ0) is 11.9. The van der Waals surface area contributed by atoms with Gasteiger partial charge in [0.15, 0.2) is 9.84 Å². The Morgan fingerprint density at radius 1 is 1.25 bits per heavy atom. The molecule has 1 saturated carbocycles. The second-order valence-electron chi connectivity index (χ2n) is 4.08. The third kappa shape index (κ3) is 1.99. The molecule has 0 heterocycles. The highest BCUT2D eigenvalue weighted by Crippen LogP contribution is 2.50. The molecule has 1 fully saturated rings. The van der Waals surface area contributed by atoms with Crippen molar-refractivity contribution < 1.29 is 13.2 Å². The van der Waals surface area contributed by atoms with Gasteiger partial charge in [0.2, 0.25) is 0 Å². The molecule has 16 heavy (non-hydrogen) atoms. The molecule has 0 aromatic heterocycles. The van der Waals surface area contributed by atoms with Crippen LogP contribution < -0.4 is 0 Å². The third-order valence-corrected chi connectivity index (χ3v) is 4.76. The monoisotopic (exact) mass is 258 g/mol. The van der Waals surface area contributed by atoms with E-state index >= 15 is 0 Å². The maximum Gasteiger partial charge on any atom is 0.151 e. The maximum atomic E-state index is 11.4. The summed E-state index contributed by atoms with van der Waals surface area (Å²) in [5, 5.41) is 0.0362. The highest BCUT2D eigenvalue weighted by molar-refractivity contribution is 7.91. The summed E-state index contributed by atoms with van der Waals surface area (Å²) >= 11 is 5.75. The predicted molar refractivity (Wildman–Crippen MR) is 62.4 cm³/mol. The molecule has 0 saturated heterocycles. The molecule has 0 bridgehead atoms. The Balaban J connectivity index is 2.30. The number of rotatable bonds is 3. The lowest BCUT2D eigenvalue weighted by molar-refractivity contribution is -0.108. The van der Waals surface area contributed by atoms with Gasteiger partial charge in [-0.3, -0.25) is 0 Å². The van der Waals surface area contributed by atoms with Gasteiger partial charge in [-0.25, -0.2) is 8.42 Å². The number of hydrogen-bond donors (Lipinski definition) is 0. The van der Waals surface area contributed by atoms with Crippen molar-refractivity contribution in [1.82, 2.24) is 0 Å². The summed E-state index contributed by atoms with van der Waals surface area (Å²) in [4.78, 5) is 10.8. The van der Waals surface area contributed by atoms with E-state index in [2.05, 4.69) is 0 Å². The van der Waals surface area contributed by atoms with Crippen molar-refractivity contribution in [3.05, 3.63) is 34.9 Å². The fourth-order valence-corrected chi connectivity index (χ4v) is 3.83. The Kier molecular flexibility index (Phi) is 2.80. The van der Waals surface area contributed by atoms with Gasteiger partial charge in [-0.2, -0.15) is 0 Å². The molecule has 3 atom stereocenters. The Bertz CT molecular complexity index is 507. The fourth-order valence-electron chi connectivity index (χ4n) is 2.12. The second-order valence-corrected chi connectivity index (χ2v) is 6.72. The number of aldehydes is 1. The molecule has 0 spiro atoms. The summed E-state index contributed by atoms with van der Waals surface area (Å²) < 4.78 is 22.9. The van der Waals surface area contributed by atoms with Crippen LogP contribution in [0.25, 0.3) is 0 Å². The molecule has 1 aliphatic rings. The van der Waals surface area contributed by atoms with Crippen molar-refractivity contribution in [1.29, 1.82) is 0 Å². The van der Waals surface area contributed by atoms with E-state index in [0.717, 1.165) is 11.8 Å². The molecule has 5 heteroatoms. The molecule has 0 radical (unpaired) electrons. The number of benzene rings is 1. The third-order valence-electron chi connectivity index (χ3n) is 2.91. The van der Waals surface area contributed by atoms with Crippen LogP contribution in [-0.2, 0) is 14.6 Å². The zero-order valence-electron chi connectivity index (χ0n) is 8.63. The Labute approximate surface area is 99.3 Å². The smallest absolute Gasteiger partial charge is 0.151 e. The lowest BCUT2D eigenvalue weighted by Gasteiger charge is -1.98. The van der Waals surface area contributed by atoms with E-state index < -0.39 is 21.0 Å². The first-order chi connectivity index (χ1) is 7.45. The van der Waals surface area contributed by atoms with Gasteiger partial charge < -0.3 is 4.79 Å². The van der Waals surface area contributed by atoms with Gasteiger partial charge in [0.1, 0.15) is 6.29 Å². The normalized spacial score (nSPS) is 28.8. The van der Waals surface area contributed by atoms with Gasteiger partial charge in [-0.1, -0.05) is 23.7 Å². The average Bonchev–Trinajstić information content (AvgIpc) is 2.92. The average molecular weight is 259 g/mol. The molecule has 3 nitrogen and oxygen atoms in total. The molecule has 2 rings (SSSR count). The molecule has 1 aromatic rings. The Hall–Kier alpha value is -0.870. The largest absolute Gasteiger partial charge is 0.303 e. The van der Waals surface area contributed by atoms with E-state index in [1.165, 1.54) is 6.26 Å². The SMILES string of the molecule is CS(=O)(=O)[C@@H]1[C@@H](C=O)[C@@H]1c1ccc(Cl)cc1. The van der Waals surface area contributed by atoms with Crippen LogP contribution in [0.2, 0.25) is 5.02 Å². The van der Waals surface area contributed by atoms with Crippen molar-refractivity contribution in [2.45, 2.75) is 11.2 Å². The van der Waals surface area contributed by atoms with Crippen LogP contribution in [0, 0.1) is 5.92 Å². The summed E-state index contributed by atoms with van der Waals surface area (Å²) in [7, 11) is -3.16. The van der Waals surface area contributed by atoms with Crippen molar-refractivity contribution >= 4 is 27.7 Å². The molecular formula is C11H11ClO3S. The van der Waals surface area contributed by atoms with Crippen LogP contribution in [-0.4, -0.2) is 26.2 Å². The van der Waals surface area contributed by atoms with Crippen molar-refractivity contribution in [3.8, 4) is 0 Å². The van der Waals surface area contributed by atoms with E-state index in [1.54, 1.807) is 24.3 Å². The number of carbonyl (C=O) groups is 1. The van der Waals surface area contributed by atoms with Crippen molar-refractivity contribution in [2.24, 2.45) is 5.92 Å². The first kappa shape index (κ1) is 11.6. The fraction of sp³-hybridized carbons (Fsp3) is 0.364. The van der Waals surface area contributed by atoms with Crippen LogP contribution in [0.15, 0.2) is 24.3 Å². The first-order valence-corrected chi connectivity index (χ1v) is 7.18. The number of halogens is 1. The van der Waals surface area contributed by atoms with Gasteiger partial charge in [-0.05, 0) is 17.7 Å². The number of carbonyl (C=O) groups excluding carboxylic acids is 1. The minimum atomic E-state index is -3.16. The van der Waals surface area contributed by atoms with Crippen LogP contribution in [0.5, 0.6) is 0 Å². The van der Waals surface area contributed by atoms with Gasteiger partial charge in [0, 0.05) is 23.1 Å². The molecule has 0 N–H and O–H groups in total. The molecule has 0 amide bonds. The standard InChI is InChI=1S/C11H11ClO3S/c1-16(14,15)11-9(6-13)10(11)7-2-4-8(12)5-3-7/h2-6,9-11H,1H3/t9-,10-,11+/m0/s1. The van der Waals surface area contributed by atoms with Gasteiger partial charge in [0.05, 0.1) is 5.25 Å². The number of sulfone groups is 1. The van der Waals surface area contributed by atoms with Crippen molar-refractivity contribution in [2.75, 3.05) is 6.26 Å². The maximum absolute atomic E-state index is 11.4. The highest BCUT2D eigenvalue weighted by atomic mass is 35.5. The predicted octanol–water partition coefficient (Wildman–Crippen LogP) is 1.67. The van der Waals surface area contributed by atoms with Gasteiger partial charge in [-0.15, -0.1) is 0 Å². The van der Waals surface area contributed by atoms with E-state index in [4.69, 9.17) is 11.6 Å². The molecule has 0 unspecified atom stereocenters.